The van der Waals surface area contributed by atoms with Crippen molar-refractivity contribution in [1.29, 1.82) is 0 Å². The van der Waals surface area contributed by atoms with Crippen molar-refractivity contribution in [3.8, 4) is 11.3 Å². The van der Waals surface area contributed by atoms with Gasteiger partial charge in [0.2, 0.25) is 5.91 Å². The minimum absolute atomic E-state index is 0.0267. The van der Waals surface area contributed by atoms with Gasteiger partial charge in [-0.15, -0.1) is 0 Å². The van der Waals surface area contributed by atoms with Gasteiger partial charge in [-0.05, 0) is 61.8 Å². The first-order valence-electron chi connectivity index (χ1n) is 8.83. The molecule has 0 aliphatic heterocycles. The van der Waals surface area contributed by atoms with Crippen molar-refractivity contribution in [2.24, 2.45) is 24.8 Å². The number of carbonyl (C=O) groups excluding carboxylic acids is 1. The molecule has 26 heavy (non-hydrogen) atoms. The van der Waals surface area contributed by atoms with E-state index in [2.05, 4.69) is 10.4 Å². The summed E-state index contributed by atoms with van der Waals surface area (Å²) in [5.41, 5.74) is -0.182. The van der Waals surface area contributed by atoms with Crippen LogP contribution in [-0.4, -0.2) is 15.7 Å². The fourth-order valence-electron chi connectivity index (χ4n) is 3.71. The molecule has 1 amide bonds. The predicted octanol–water partition coefficient (Wildman–Crippen LogP) is 4.48. The minimum atomic E-state index is -4.49. The molecule has 1 N–H and O–H groups in total. The van der Waals surface area contributed by atoms with E-state index in [0.717, 1.165) is 24.8 Å². The van der Waals surface area contributed by atoms with Crippen LogP contribution in [0.3, 0.4) is 0 Å². The van der Waals surface area contributed by atoms with E-state index in [0.29, 0.717) is 11.6 Å². The Kier molecular flexibility index (Phi) is 4.04. The molecule has 4 rings (SSSR count). The number of amides is 1. The van der Waals surface area contributed by atoms with Crippen molar-refractivity contribution in [3.63, 3.8) is 0 Å². The summed E-state index contributed by atoms with van der Waals surface area (Å²) in [6.07, 6.45) is 1.43. The molecule has 0 unspecified atom stereocenters. The highest BCUT2D eigenvalue weighted by Gasteiger charge is 2.43. The summed E-state index contributed by atoms with van der Waals surface area (Å²) in [6.45, 7) is 0. The third-order valence-electron chi connectivity index (χ3n) is 5.42. The van der Waals surface area contributed by atoms with Crippen LogP contribution < -0.4 is 5.32 Å². The maximum absolute atomic E-state index is 13.3. The average Bonchev–Trinajstić information content (AvgIpc) is 3.24. The van der Waals surface area contributed by atoms with Crippen LogP contribution in [0.25, 0.3) is 11.3 Å². The zero-order chi connectivity index (χ0) is 18.5. The first-order chi connectivity index (χ1) is 12.3. The van der Waals surface area contributed by atoms with Crippen molar-refractivity contribution in [2.75, 3.05) is 5.32 Å². The van der Waals surface area contributed by atoms with E-state index in [1.807, 2.05) is 0 Å². The second-order valence-electron chi connectivity index (χ2n) is 7.39. The molecule has 1 aromatic heterocycles. The Balaban J connectivity index is 1.54. The van der Waals surface area contributed by atoms with Gasteiger partial charge in [-0.25, -0.2) is 0 Å². The van der Waals surface area contributed by atoms with Gasteiger partial charge in [0.1, 0.15) is 0 Å². The number of benzene rings is 1. The molecule has 0 radical (unpaired) electrons. The Bertz CT molecular complexity index is 833. The fraction of sp³-hybridized carbons (Fsp3) is 0.474. The van der Waals surface area contributed by atoms with E-state index < -0.39 is 11.7 Å². The van der Waals surface area contributed by atoms with Crippen LogP contribution in [0.2, 0.25) is 0 Å². The van der Waals surface area contributed by atoms with Crippen LogP contribution in [0.4, 0.5) is 18.9 Å². The molecular formula is C19H20F3N3O. The molecule has 7 heteroatoms. The zero-order valence-corrected chi connectivity index (χ0v) is 14.4. The van der Waals surface area contributed by atoms with Gasteiger partial charge in [0.15, 0.2) is 0 Å². The summed E-state index contributed by atoms with van der Waals surface area (Å²) in [7, 11) is 1.65. The van der Waals surface area contributed by atoms with Crippen molar-refractivity contribution in [1.82, 2.24) is 9.78 Å². The largest absolute Gasteiger partial charge is 0.417 e. The topological polar surface area (TPSA) is 46.9 Å². The molecule has 1 aromatic carbocycles. The number of rotatable bonds is 4. The molecule has 0 saturated heterocycles. The van der Waals surface area contributed by atoms with E-state index in [9.17, 15) is 18.0 Å². The third-order valence-corrected chi connectivity index (χ3v) is 5.42. The molecule has 1 heterocycles. The Morgan fingerprint density at radius 1 is 1.19 bits per heavy atom. The van der Waals surface area contributed by atoms with Crippen molar-refractivity contribution in [3.05, 3.63) is 36.0 Å². The van der Waals surface area contributed by atoms with Gasteiger partial charge in [-0.3, -0.25) is 9.48 Å². The number of aryl methyl sites for hydroxylation is 1. The van der Waals surface area contributed by atoms with Crippen LogP contribution in [-0.2, 0) is 18.0 Å². The lowest BCUT2D eigenvalue weighted by Crippen LogP contribution is -2.35. The highest BCUT2D eigenvalue weighted by Crippen LogP contribution is 2.49. The Morgan fingerprint density at radius 3 is 2.50 bits per heavy atom. The number of alkyl halides is 3. The summed E-state index contributed by atoms with van der Waals surface area (Å²) in [5.74, 6) is 1.32. The highest BCUT2D eigenvalue weighted by molar-refractivity contribution is 5.94. The normalized spacial score (nSPS) is 22.8. The zero-order valence-electron chi connectivity index (χ0n) is 14.4. The monoisotopic (exact) mass is 363 g/mol. The van der Waals surface area contributed by atoms with Gasteiger partial charge in [0.25, 0.3) is 0 Å². The molecule has 4 nitrogen and oxygen atoms in total. The van der Waals surface area contributed by atoms with E-state index >= 15 is 0 Å². The van der Waals surface area contributed by atoms with Gasteiger partial charge in [-0.1, -0.05) is 0 Å². The van der Waals surface area contributed by atoms with Gasteiger partial charge in [-0.2, -0.15) is 18.3 Å². The standard InChI is InChI=1S/C19H20F3N3O/c1-25-7-6-17(24-25)15-10-14(4-5-16(15)19(20,21)22)23-18(26)13-8-12(9-13)11-2-3-11/h4-7,10-13H,2-3,8-9H2,1H3,(H,23,26). The van der Waals surface area contributed by atoms with E-state index in [4.69, 9.17) is 0 Å². The summed E-state index contributed by atoms with van der Waals surface area (Å²) < 4.78 is 41.4. The molecule has 138 valence electrons. The van der Waals surface area contributed by atoms with Crippen molar-refractivity contribution >= 4 is 11.6 Å². The van der Waals surface area contributed by atoms with Crippen LogP contribution in [0.5, 0.6) is 0 Å². The SMILES string of the molecule is Cn1ccc(-c2cc(NC(=O)C3CC(C4CC4)C3)ccc2C(F)(F)F)n1. The molecular weight excluding hydrogens is 343 g/mol. The lowest BCUT2D eigenvalue weighted by atomic mass is 9.72. The number of nitrogens with one attached hydrogen (secondary N) is 1. The van der Waals surface area contributed by atoms with Gasteiger partial charge in [0, 0.05) is 30.4 Å². The summed E-state index contributed by atoms with van der Waals surface area (Å²) in [6, 6.07) is 5.21. The lowest BCUT2D eigenvalue weighted by molar-refractivity contribution is -0.137. The van der Waals surface area contributed by atoms with Crippen LogP contribution >= 0.6 is 0 Å². The number of nitrogens with zero attached hydrogens (tertiary/aromatic N) is 2. The molecule has 2 aliphatic carbocycles. The molecule has 2 saturated carbocycles. The van der Waals surface area contributed by atoms with Gasteiger partial charge < -0.3 is 5.32 Å². The van der Waals surface area contributed by atoms with Crippen LogP contribution in [0.15, 0.2) is 30.5 Å². The third kappa shape index (κ3) is 3.34. The average molecular weight is 363 g/mol. The Labute approximate surface area is 149 Å². The number of aromatic nitrogens is 2. The van der Waals surface area contributed by atoms with Crippen molar-refractivity contribution in [2.45, 2.75) is 31.9 Å². The van der Waals surface area contributed by atoms with E-state index in [1.54, 1.807) is 13.2 Å². The number of halogens is 3. The van der Waals surface area contributed by atoms with Gasteiger partial charge in [0.05, 0.1) is 11.3 Å². The Hall–Kier alpha value is -2.31. The minimum Gasteiger partial charge on any atom is -0.326 e. The second kappa shape index (κ2) is 6.14. The maximum atomic E-state index is 13.3. The number of anilines is 1. The number of hydrogen-bond donors (Lipinski definition) is 1. The molecule has 2 aliphatic rings. The van der Waals surface area contributed by atoms with Crippen LogP contribution in [0.1, 0.15) is 31.2 Å². The van der Waals surface area contributed by atoms with Crippen molar-refractivity contribution < 1.29 is 18.0 Å². The molecule has 0 spiro atoms. The van der Waals surface area contributed by atoms with E-state index in [-0.39, 0.29) is 23.1 Å². The smallest absolute Gasteiger partial charge is 0.326 e. The summed E-state index contributed by atoms with van der Waals surface area (Å²) >= 11 is 0. The lowest BCUT2D eigenvalue weighted by Gasteiger charge is -2.34. The summed E-state index contributed by atoms with van der Waals surface area (Å²) in [5, 5.41) is 6.86. The van der Waals surface area contributed by atoms with E-state index in [1.165, 1.54) is 35.7 Å². The summed E-state index contributed by atoms with van der Waals surface area (Å²) in [4.78, 5) is 12.4. The fourth-order valence-corrected chi connectivity index (χ4v) is 3.71. The number of carbonyl (C=O) groups is 1. The first kappa shape index (κ1) is 17.1. The second-order valence-corrected chi connectivity index (χ2v) is 7.39. The highest BCUT2D eigenvalue weighted by atomic mass is 19.4. The molecule has 0 atom stereocenters. The molecule has 2 fully saturated rings. The number of hydrogen-bond acceptors (Lipinski definition) is 2. The quantitative estimate of drug-likeness (QED) is 0.871. The predicted molar refractivity (Wildman–Crippen MR) is 91.2 cm³/mol. The van der Waals surface area contributed by atoms with Gasteiger partial charge >= 0.3 is 6.18 Å². The maximum Gasteiger partial charge on any atom is 0.417 e. The van der Waals surface area contributed by atoms with Crippen LogP contribution in [0, 0.1) is 17.8 Å². The molecule has 2 aromatic rings. The first-order valence-corrected chi connectivity index (χ1v) is 8.83. The Morgan fingerprint density at radius 2 is 1.92 bits per heavy atom. The molecule has 0 bridgehead atoms.